The smallest absolute Gasteiger partial charge is 0.0998 e. The van der Waals surface area contributed by atoms with Crippen LogP contribution in [0.3, 0.4) is 0 Å². The molecule has 186 valence electrons. The van der Waals surface area contributed by atoms with Gasteiger partial charge in [0.1, 0.15) is 0 Å². The average Bonchev–Trinajstić information content (AvgIpc) is 3.05. The van der Waals surface area contributed by atoms with Gasteiger partial charge in [0.05, 0.1) is 23.3 Å². The molecule has 0 spiro atoms. The summed E-state index contributed by atoms with van der Waals surface area (Å²) < 4.78 is 0. The molecule has 0 saturated heterocycles. The second kappa shape index (κ2) is 11.0. The zero-order chi connectivity index (χ0) is 27.3. The van der Waals surface area contributed by atoms with Crippen molar-refractivity contribution < 1.29 is 0 Å². The first-order valence-electron chi connectivity index (χ1n) is 13.1. The van der Waals surface area contributed by atoms with E-state index < -0.39 is 0 Å². The minimum Gasteiger partial charge on any atom is -0.192 e. The van der Waals surface area contributed by atoms with Gasteiger partial charge in [-0.1, -0.05) is 115 Å². The summed E-state index contributed by atoms with van der Waals surface area (Å²) in [7, 11) is 0. The van der Waals surface area contributed by atoms with E-state index in [1.54, 1.807) is 0 Å². The minimum atomic E-state index is 0.659. The van der Waals surface area contributed by atoms with Crippen LogP contribution in [0.15, 0.2) is 146 Å². The molecule has 0 amide bonds. The lowest BCUT2D eigenvalue weighted by Gasteiger charge is -2.11. The third-order valence-electron chi connectivity index (χ3n) is 7.18. The van der Waals surface area contributed by atoms with E-state index in [4.69, 9.17) is 5.26 Å². The third-order valence-corrected chi connectivity index (χ3v) is 7.18. The molecule has 6 rings (SSSR count). The largest absolute Gasteiger partial charge is 0.192 e. The first-order chi connectivity index (χ1) is 19.7. The Balaban J connectivity index is 1.28. The number of benzene rings is 6. The van der Waals surface area contributed by atoms with E-state index in [1.165, 1.54) is 0 Å². The average molecular weight is 509 g/mol. The SMILES string of the molecule is N#Cc1ccc(-c2cccc(-c3cccc(-c4ccc(-c5ccc(-c6ccccc6)cc5C#N)cc4)c3)c2)cc1. The van der Waals surface area contributed by atoms with Gasteiger partial charge in [0.15, 0.2) is 0 Å². The van der Waals surface area contributed by atoms with Crippen LogP contribution < -0.4 is 0 Å². The third kappa shape index (κ3) is 5.03. The molecular weight excluding hydrogens is 484 g/mol. The van der Waals surface area contributed by atoms with Gasteiger partial charge in [0.25, 0.3) is 0 Å². The Morgan fingerprint density at radius 1 is 0.325 bits per heavy atom. The van der Waals surface area contributed by atoms with E-state index in [0.29, 0.717) is 11.1 Å². The second-order valence-electron chi connectivity index (χ2n) is 9.67. The summed E-state index contributed by atoms with van der Waals surface area (Å²) in [6.45, 7) is 0. The summed E-state index contributed by atoms with van der Waals surface area (Å²) in [5.41, 5.74) is 12.1. The van der Waals surface area contributed by atoms with Gasteiger partial charge >= 0.3 is 0 Å². The predicted molar refractivity (Wildman–Crippen MR) is 163 cm³/mol. The van der Waals surface area contributed by atoms with Gasteiger partial charge in [-0.25, -0.2) is 0 Å². The lowest BCUT2D eigenvalue weighted by atomic mass is 9.93. The molecule has 40 heavy (non-hydrogen) atoms. The van der Waals surface area contributed by atoms with Gasteiger partial charge < -0.3 is 0 Å². The Labute approximate surface area is 234 Å². The lowest BCUT2D eigenvalue weighted by molar-refractivity contribution is 1.47. The molecule has 0 N–H and O–H groups in total. The summed E-state index contributed by atoms with van der Waals surface area (Å²) in [4.78, 5) is 0. The molecule has 0 aliphatic rings. The molecule has 6 aromatic rings. The van der Waals surface area contributed by atoms with Crippen LogP contribution >= 0.6 is 0 Å². The number of nitriles is 2. The van der Waals surface area contributed by atoms with Gasteiger partial charge in [0, 0.05) is 0 Å². The molecule has 0 aliphatic carbocycles. The molecular formula is C38H24N2. The Bertz CT molecular complexity index is 1890. The summed E-state index contributed by atoms with van der Waals surface area (Å²) in [5.74, 6) is 0. The van der Waals surface area contributed by atoms with Crippen molar-refractivity contribution in [3.63, 3.8) is 0 Å². The molecule has 0 saturated carbocycles. The maximum atomic E-state index is 9.88. The van der Waals surface area contributed by atoms with Crippen molar-refractivity contribution in [2.45, 2.75) is 0 Å². The van der Waals surface area contributed by atoms with Crippen LogP contribution in [0.25, 0.3) is 55.6 Å². The molecule has 0 unspecified atom stereocenters. The van der Waals surface area contributed by atoms with Crippen LogP contribution in [0.1, 0.15) is 11.1 Å². The lowest BCUT2D eigenvalue weighted by Crippen LogP contribution is -1.88. The number of nitrogens with zero attached hydrogens (tertiary/aromatic N) is 2. The van der Waals surface area contributed by atoms with Crippen LogP contribution in [-0.4, -0.2) is 0 Å². The Morgan fingerprint density at radius 3 is 1.30 bits per heavy atom. The van der Waals surface area contributed by atoms with E-state index in [-0.39, 0.29) is 0 Å². The number of rotatable bonds is 5. The maximum Gasteiger partial charge on any atom is 0.0998 e. The topological polar surface area (TPSA) is 47.6 Å². The molecule has 2 heteroatoms. The van der Waals surface area contributed by atoms with Crippen LogP contribution in [0.2, 0.25) is 0 Å². The number of hydrogen-bond acceptors (Lipinski definition) is 2. The van der Waals surface area contributed by atoms with Crippen LogP contribution in [0.4, 0.5) is 0 Å². The highest BCUT2D eigenvalue weighted by molar-refractivity contribution is 5.80. The summed E-state index contributed by atoms with van der Waals surface area (Å²) >= 11 is 0. The standard InChI is InChI=1S/C38H24N2/c39-25-27-12-14-29(15-13-27)32-8-4-10-34(22-32)35-11-5-9-33(23-35)30-16-18-31(19-17-30)38-21-20-36(24-37(38)26-40)28-6-2-1-3-7-28/h1-24H. The summed E-state index contributed by atoms with van der Waals surface area (Å²) in [6.07, 6.45) is 0. The predicted octanol–water partition coefficient (Wildman–Crippen LogP) is 9.76. The van der Waals surface area contributed by atoms with E-state index in [2.05, 4.69) is 103 Å². The van der Waals surface area contributed by atoms with Crippen molar-refractivity contribution in [3.05, 3.63) is 157 Å². The molecule has 0 heterocycles. The van der Waals surface area contributed by atoms with Gasteiger partial charge in [-0.15, -0.1) is 0 Å². The minimum absolute atomic E-state index is 0.659. The first kappa shape index (κ1) is 24.6. The zero-order valence-corrected chi connectivity index (χ0v) is 21.8. The highest BCUT2D eigenvalue weighted by Gasteiger charge is 2.09. The Hall–Kier alpha value is -5.70. The van der Waals surface area contributed by atoms with E-state index in [0.717, 1.165) is 55.6 Å². The van der Waals surface area contributed by atoms with Gasteiger partial charge in [-0.3, -0.25) is 0 Å². The zero-order valence-electron chi connectivity index (χ0n) is 21.8. The second-order valence-corrected chi connectivity index (χ2v) is 9.67. The fourth-order valence-corrected chi connectivity index (χ4v) is 5.03. The quantitative estimate of drug-likeness (QED) is 0.233. The molecule has 0 radical (unpaired) electrons. The molecule has 0 fully saturated rings. The fraction of sp³-hybridized carbons (Fsp3) is 0. The van der Waals surface area contributed by atoms with Gasteiger partial charge in [-0.2, -0.15) is 10.5 Å². The highest BCUT2D eigenvalue weighted by atomic mass is 14.3. The van der Waals surface area contributed by atoms with Crippen molar-refractivity contribution in [2.24, 2.45) is 0 Å². The van der Waals surface area contributed by atoms with Crippen LogP contribution in [0, 0.1) is 22.7 Å². The van der Waals surface area contributed by atoms with E-state index in [9.17, 15) is 5.26 Å². The highest BCUT2D eigenvalue weighted by Crippen LogP contribution is 2.33. The van der Waals surface area contributed by atoms with E-state index in [1.807, 2.05) is 54.6 Å². The fourth-order valence-electron chi connectivity index (χ4n) is 5.03. The van der Waals surface area contributed by atoms with Crippen molar-refractivity contribution in [1.82, 2.24) is 0 Å². The van der Waals surface area contributed by atoms with Crippen molar-refractivity contribution in [2.75, 3.05) is 0 Å². The number of hydrogen-bond donors (Lipinski definition) is 0. The maximum absolute atomic E-state index is 9.88. The molecule has 0 atom stereocenters. The summed E-state index contributed by atoms with van der Waals surface area (Å²) in [6, 6.07) is 53.9. The molecule has 0 aromatic heterocycles. The van der Waals surface area contributed by atoms with Crippen molar-refractivity contribution >= 4 is 0 Å². The monoisotopic (exact) mass is 508 g/mol. The molecule has 6 aromatic carbocycles. The molecule has 2 nitrogen and oxygen atoms in total. The van der Waals surface area contributed by atoms with Gasteiger partial charge in [-0.05, 0) is 86.0 Å². The first-order valence-corrected chi connectivity index (χ1v) is 13.1. The normalized spacial score (nSPS) is 10.4. The molecule has 0 aliphatic heterocycles. The van der Waals surface area contributed by atoms with E-state index >= 15 is 0 Å². The van der Waals surface area contributed by atoms with Crippen molar-refractivity contribution in [1.29, 1.82) is 10.5 Å². The summed E-state index contributed by atoms with van der Waals surface area (Å²) in [5, 5.41) is 19.0. The van der Waals surface area contributed by atoms with Crippen LogP contribution in [-0.2, 0) is 0 Å². The van der Waals surface area contributed by atoms with Gasteiger partial charge in [0.2, 0.25) is 0 Å². The molecule has 0 bridgehead atoms. The Kier molecular flexibility index (Phi) is 6.75. The van der Waals surface area contributed by atoms with Crippen molar-refractivity contribution in [3.8, 4) is 67.8 Å². The van der Waals surface area contributed by atoms with Crippen LogP contribution in [0.5, 0.6) is 0 Å². The Morgan fingerprint density at radius 2 is 0.750 bits per heavy atom.